The maximum Gasteiger partial charge on any atom is 0.410 e. The molecule has 208 valence electrons. The molecule has 8 nitrogen and oxygen atoms in total. The van der Waals surface area contributed by atoms with Crippen LogP contribution in [0, 0.1) is 3.57 Å². The smallest absolute Gasteiger partial charge is 0.410 e. The van der Waals surface area contributed by atoms with Crippen molar-refractivity contribution in [2.24, 2.45) is 0 Å². The fourth-order valence-corrected chi connectivity index (χ4v) is 7.17. The van der Waals surface area contributed by atoms with Gasteiger partial charge in [-0.3, -0.25) is 4.90 Å². The summed E-state index contributed by atoms with van der Waals surface area (Å²) in [7, 11) is 2.02. The lowest BCUT2D eigenvalue weighted by atomic mass is 9.95. The summed E-state index contributed by atoms with van der Waals surface area (Å²) < 4.78 is 28.2. The minimum absolute atomic E-state index is 0.0424. The van der Waals surface area contributed by atoms with Crippen LogP contribution in [-0.4, -0.2) is 88.5 Å². The van der Waals surface area contributed by atoms with E-state index in [1.807, 2.05) is 40.0 Å². The second kappa shape index (κ2) is 10.5. The van der Waals surface area contributed by atoms with Gasteiger partial charge in [-0.2, -0.15) is 9.97 Å². The molecule has 5 rings (SSSR count). The summed E-state index contributed by atoms with van der Waals surface area (Å²) in [5.41, 5.74) is -0.0187. The Morgan fingerprint density at radius 2 is 2.08 bits per heavy atom. The lowest BCUT2D eigenvalue weighted by Gasteiger charge is -2.33. The molecule has 3 saturated heterocycles. The number of anilines is 1. The van der Waals surface area contributed by atoms with Crippen molar-refractivity contribution in [3.63, 3.8) is 0 Å². The Balaban J connectivity index is 1.44. The van der Waals surface area contributed by atoms with E-state index in [1.165, 1.54) is 0 Å². The molecule has 0 N–H and O–H groups in total. The molecule has 0 radical (unpaired) electrons. The molecule has 1 aromatic heterocycles. The van der Waals surface area contributed by atoms with Crippen LogP contribution in [0.4, 0.5) is 15.0 Å². The van der Waals surface area contributed by atoms with E-state index in [2.05, 4.69) is 55.2 Å². The molecule has 38 heavy (non-hydrogen) atoms. The Morgan fingerprint density at radius 3 is 2.82 bits per heavy atom. The van der Waals surface area contributed by atoms with Gasteiger partial charge in [0.15, 0.2) is 0 Å². The van der Waals surface area contributed by atoms with Gasteiger partial charge in [0.25, 0.3) is 0 Å². The number of benzene rings is 1. The topological polar surface area (TPSA) is 71.0 Å². The van der Waals surface area contributed by atoms with Crippen LogP contribution in [-0.2, 0) is 4.74 Å². The lowest BCUT2D eigenvalue weighted by Crippen LogP contribution is -2.45. The van der Waals surface area contributed by atoms with Gasteiger partial charge >= 0.3 is 12.1 Å². The van der Waals surface area contributed by atoms with Crippen LogP contribution >= 0.6 is 38.5 Å². The fourth-order valence-electron chi connectivity index (χ4n) is 6.26. The first-order valence-corrected chi connectivity index (χ1v) is 15.2. The molecule has 1 aromatic carbocycles. The Kier molecular flexibility index (Phi) is 7.75. The SMILES string of the molecule is CC1C(N(C)c2nc(OC[C@@]34CCCN3C[C@H](F)C4)nc3c(I)c(Br)ccc23)CCN1C(=O)OC(C)(C)C. The minimum Gasteiger partial charge on any atom is -0.461 e. The average Bonchev–Trinajstić information content (AvgIpc) is 3.50. The third-order valence-electron chi connectivity index (χ3n) is 8.12. The first kappa shape index (κ1) is 28.1. The number of aromatic nitrogens is 2. The van der Waals surface area contributed by atoms with Gasteiger partial charge in [0.2, 0.25) is 0 Å². The number of halogens is 3. The third-order valence-corrected chi connectivity index (χ3v) is 10.6. The highest BCUT2D eigenvalue weighted by atomic mass is 127. The molecule has 4 heterocycles. The second-order valence-corrected chi connectivity index (χ2v) is 13.8. The lowest BCUT2D eigenvalue weighted by molar-refractivity contribution is 0.0233. The number of rotatable bonds is 5. The van der Waals surface area contributed by atoms with Gasteiger partial charge in [0.05, 0.1) is 26.7 Å². The molecule has 2 unspecified atom stereocenters. The molecule has 0 bridgehead atoms. The predicted octanol–water partition coefficient (Wildman–Crippen LogP) is 5.79. The number of likely N-dealkylation sites (tertiary alicyclic amines) is 1. The summed E-state index contributed by atoms with van der Waals surface area (Å²) in [6.45, 7) is 10.1. The largest absolute Gasteiger partial charge is 0.461 e. The number of fused-ring (bicyclic) bond motifs is 2. The Morgan fingerprint density at radius 1 is 1.32 bits per heavy atom. The van der Waals surface area contributed by atoms with Crippen molar-refractivity contribution >= 4 is 61.3 Å². The van der Waals surface area contributed by atoms with E-state index in [0.717, 1.165) is 50.6 Å². The molecular weight excluding hydrogens is 668 g/mol. The van der Waals surface area contributed by atoms with E-state index >= 15 is 0 Å². The van der Waals surface area contributed by atoms with Crippen molar-refractivity contribution in [3.05, 3.63) is 20.2 Å². The van der Waals surface area contributed by atoms with Crippen LogP contribution in [0.1, 0.15) is 53.4 Å². The number of nitrogens with zero attached hydrogens (tertiary/aromatic N) is 5. The Labute approximate surface area is 245 Å². The van der Waals surface area contributed by atoms with Crippen molar-refractivity contribution in [1.29, 1.82) is 0 Å². The molecule has 0 spiro atoms. The normalized spacial score (nSPS) is 27.7. The van der Waals surface area contributed by atoms with Crippen LogP contribution in [0.15, 0.2) is 16.6 Å². The maximum absolute atomic E-state index is 14.3. The van der Waals surface area contributed by atoms with E-state index in [9.17, 15) is 9.18 Å². The van der Waals surface area contributed by atoms with Gasteiger partial charge in [-0.05, 0) is 104 Å². The molecular formula is C27H36BrFIN5O3. The highest BCUT2D eigenvalue weighted by Gasteiger charge is 2.49. The summed E-state index contributed by atoms with van der Waals surface area (Å²) >= 11 is 5.92. The van der Waals surface area contributed by atoms with E-state index < -0.39 is 11.8 Å². The summed E-state index contributed by atoms with van der Waals surface area (Å²) in [5.74, 6) is 0.758. The molecule has 0 aliphatic carbocycles. The van der Waals surface area contributed by atoms with Crippen LogP contribution in [0.3, 0.4) is 0 Å². The summed E-state index contributed by atoms with van der Waals surface area (Å²) in [4.78, 5) is 28.7. The Bertz CT molecular complexity index is 1230. The number of hydrogen-bond acceptors (Lipinski definition) is 7. The highest BCUT2D eigenvalue weighted by molar-refractivity contribution is 14.1. The Hall–Kier alpha value is -1.47. The minimum atomic E-state index is -0.813. The van der Waals surface area contributed by atoms with Crippen LogP contribution < -0.4 is 9.64 Å². The maximum atomic E-state index is 14.3. The van der Waals surface area contributed by atoms with Gasteiger partial charge in [-0.1, -0.05) is 0 Å². The number of amides is 1. The van der Waals surface area contributed by atoms with E-state index in [1.54, 1.807) is 4.90 Å². The molecule has 1 amide bonds. The summed E-state index contributed by atoms with van der Waals surface area (Å²) in [6.07, 6.45) is 2.17. The zero-order valence-corrected chi connectivity index (χ0v) is 26.4. The third kappa shape index (κ3) is 5.31. The monoisotopic (exact) mass is 703 g/mol. The molecule has 3 aliphatic rings. The highest BCUT2D eigenvalue weighted by Crippen LogP contribution is 2.41. The fraction of sp³-hybridized carbons (Fsp3) is 0.667. The van der Waals surface area contributed by atoms with Crippen molar-refractivity contribution in [2.45, 2.75) is 82.8 Å². The van der Waals surface area contributed by atoms with Crippen molar-refractivity contribution in [2.75, 3.05) is 38.2 Å². The molecule has 2 aromatic rings. The van der Waals surface area contributed by atoms with Gasteiger partial charge in [0.1, 0.15) is 24.2 Å². The number of likely N-dealkylation sites (N-methyl/N-ethyl adjacent to an activating group) is 1. The number of hydrogen-bond donors (Lipinski definition) is 0. The average molecular weight is 704 g/mol. The van der Waals surface area contributed by atoms with E-state index in [-0.39, 0.29) is 23.7 Å². The number of alkyl halides is 1. The number of carbonyl (C=O) groups is 1. The van der Waals surface area contributed by atoms with E-state index in [4.69, 9.17) is 19.4 Å². The van der Waals surface area contributed by atoms with Crippen molar-refractivity contribution < 1.29 is 18.7 Å². The molecule has 3 aliphatic heterocycles. The first-order valence-electron chi connectivity index (χ1n) is 13.3. The van der Waals surface area contributed by atoms with Crippen LogP contribution in [0.2, 0.25) is 0 Å². The number of ether oxygens (including phenoxy) is 2. The van der Waals surface area contributed by atoms with Crippen LogP contribution in [0.5, 0.6) is 6.01 Å². The van der Waals surface area contributed by atoms with E-state index in [0.29, 0.717) is 32.1 Å². The van der Waals surface area contributed by atoms with Gasteiger partial charge < -0.3 is 19.3 Å². The van der Waals surface area contributed by atoms with Gasteiger partial charge in [-0.25, -0.2) is 9.18 Å². The molecule has 0 saturated carbocycles. The molecule has 11 heteroatoms. The second-order valence-electron chi connectivity index (χ2n) is 11.8. The number of carbonyl (C=O) groups excluding carboxylic acids is 1. The zero-order chi connectivity index (χ0) is 27.4. The first-order chi connectivity index (χ1) is 17.9. The quantitative estimate of drug-likeness (QED) is 0.366. The summed E-state index contributed by atoms with van der Waals surface area (Å²) in [5, 5.41) is 0.917. The predicted molar refractivity (Wildman–Crippen MR) is 158 cm³/mol. The zero-order valence-electron chi connectivity index (χ0n) is 22.6. The van der Waals surface area contributed by atoms with Gasteiger partial charge in [0, 0.05) is 36.4 Å². The van der Waals surface area contributed by atoms with Crippen molar-refractivity contribution in [3.8, 4) is 6.01 Å². The summed E-state index contributed by atoms with van der Waals surface area (Å²) in [6, 6.07) is 4.30. The van der Waals surface area contributed by atoms with Gasteiger partial charge in [-0.15, -0.1) is 0 Å². The van der Waals surface area contributed by atoms with Crippen LogP contribution in [0.25, 0.3) is 10.9 Å². The standard InChI is InChI=1S/C27H36BrFIN5O3/c1-16-20(9-12-35(16)25(36)38-26(2,3)4)33(5)23-18-7-8-19(28)21(30)22(18)31-24(32-23)37-15-27-10-6-11-34(27)14-17(29)13-27/h7-8,16-17,20H,6,9-15H2,1-5H3/t16?,17-,20?,27+/m1/s1. The van der Waals surface area contributed by atoms with Crippen molar-refractivity contribution in [1.82, 2.24) is 19.8 Å². The molecule has 4 atom stereocenters. The molecule has 3 fully saturated rings.